The molecule has 55 heavy (non-hydrogen) atoms. The average Bonchev–Trinajstić information content (AvgIpc) is 3.45. The molecule has 4 heteroatoms. The predicted octanol–water partition coefficient (Wildman–Crippen LogP) is 12.2. The normalized spacial score (nSPS) is 13.6. The molecule has 0 radical (unpaired) electrons. The Balaban J connectivity index is 1.35. The second-order valence-corrected chi connectivity index (χ2v) is 15.1. The van der Waals surface area contributed by atoms with Crippen LogP contribution in [0.4, 0.5) is 0 Å². The van der Waals surface area contributed by atoms with Crippen molar-refractivity contribution in [1.82, 2.24) is 10.2 Å². The van der Waals surface area contributed by atoms with E-state index < -0.39 is 0 Å². The summed E-state index contributed by atoms with van der Waals surface area (Å²) >= 11 is 0. The smallest absolute Gasteiger partial charge is 0.0929 e. The van der Waals surface area contributed by atoms with Gasteiger partial charge >= 0.3 is 0 Å². The Morgan fingerprint density at radius 1 is 0.545 bits per heavy atom. The van der Waals surface area contributed by atoms with Crippen LogP contribution < -0.4 is 11.5 Å². The lowest BCUT2D eigenvalue weighted by Crippen LogP contribution is -2.15. The molecule has 1 aliphatic carbocycles. The third kappa shape index (κ3) is 5.21. The number of hydrogen-bond acceptors (Lipinski definition) is 4. The maximum absolute atomic E-state index is 6.72. The summed E-state index contributed by atoms with van der Waals surface area (Å²) in [7, 11) is 0. The first kappa shape index (κ1) is 32.6. The highest BCUT2D eigenvalue weighted by Crippen LogP contribution is 2.54. The number of aromatic nitrogens is 2. The van der Waals surface area contributed by atoms with Crippen LogP contribution in [0.5, 0.6) is 0 Å². The number of fused-ring (bicyclic) bond motifs is 7. The molecule has 1 aliphatic rings. The third-order valence-corrected chi connectivity index (χ3v) is 11.6. The van der Waals surface area contributed by atoms with E-state index in [1.165, 1.54) is 88.4 Å². The number of rotatable bonds is 5. The molecular weight excluding hydrogens is 669 g/mol. The lowest BCUT2D eigenvalue weighted by atomic mass is 9.79. The first-order chi connectivity index (χ1) is 26.9. The molecule has 262 valence electrons. The molecular formula is C51H38N4. The second kappa shape index (κ2) is 12.5. The molecule has 1 heterocycles. The van der Waals surface area contributed by atoms with E-state index in [0.29, 0.717) is 5.70 Å². The van der Waals surface area contributed by atoms with Gasteiger partial charge in [-0.05, 0) is 160 Å². The highest BCUT2D eigenvalue weighted by atomic mass is 15.1. The largest absolute Gasteiger partial charge is 0.405 e. The fraction of sp³-hybridized carbons (Fsp3) is 0.0588. The monoisotopic (exact) mass is 706 g/mol. The van der Waals surface area contributed by atoms with Gasteiger partial charge in [0.15, 0.2) is 0 Å². The summed E-state index contributed by atoms with van der Waals surface area (Å²) in [5, 5.41) is 18.2. The number of hydrogen-bond donors (Lipinski definition) is 2. The van der Waals surface area contributed by atoms with Gasteiger partial charge in [0, 0.05) is 22.9 Å². The maximum atomic E-state index is 6.72. The Morgan fingerprint density at radius 2 is 1.16 bits per heavy atom. The van der Waals surface area contributed by atoms with Gasteiger partial charge in [-0.2, -0.15) is 10.2 Å². The lowest BCUT2D eigenvalue weighted by Gasteiger charge is -2.24. The van der Waals surface area contributed by atoms with E-state index in [4.69, 9.17) is 11.5 Å². The standard InChI is InChI=1S/C51H38N4/c1-51(2)45-28-36(48-14-8-24-54-55-48)20-21-39(45)41-29-43-44(30-46(41)51)50(38-18-16-32-10-4-6-12-34(32)26-38)42-27-35(47(53)13-7-23-52)19-22-40(42)49(43)37-17-15-31-9-3-5-11-33(31)25-37/h3-30H,52-53H2,1-2H3/b23-7-,47-13-. The zero-order valence-electron chi connectivity index (χ0n) is 30.7. The molecule has 0 saturated heterocycles. The first-order valence-corrected chi connectivity index (χ1v) is 18.7. The van der Waals surface area contributed by atoms with Crippen LogP contribution in [-0.4, -0.2) is 10.2 Å². The summed E-state index contributed by atoms with van der Waals surface area (Å²) < 4.78 is 0. The van der Waals surface area contributed by atoms with Crippen molar-refractivity contribution < 1.29 is 0 Å². The third-order valence-electron chi connectivity index (χ3n) is 11.6. The first-order valence-electron chi connectivity index (χ1n) is 18.7. The summed E-state index contributed by atoms with van der Waals surface area (Å²) in [5.74, 6) is 0. The summed E-state index contributed by atoms with van der Waals surface area (Å²) in [6.07, 6.45) is 6.88. The summed E-state index contributed by atoms with van der Waals surface area (Å²) in [6, 6.07) is 53.2. The van der Waals surface area contributed by atoms with Gasteiger partial charge in [-0.15, -0.1) is 0 Å². The minimum absolute atomic E-state index is 0.265. The Bertz CT molecular complexity index is 3080. The van der Waals surface area contributed by atoms with Crippen LogP contribution in [-0.2, 0) is 5.41 Å². The fourth-order valence-electron chi connectivity index (χ4n) is 8.82. The van der Waals surface area contributed by atoms with Crippen molar-refractivity contribution >= 4 is 48.8 Å². The molecule has 4 nitrogen and oxygen atoms in total. The zero-order chi connectivity index (χ0) is 37.3. The second-order valence-electron chi connectivity index (χ2n) is 15.1. The SMILES string of the molecule is CC1(C)c2cc(-c3cccnn3)ccc2-c2cc3c(-c4ccc5ccccc5c4)c4ccc(/C(N)=C/C=C\N)cc4c(-c4ccc5ccccc5c4)c3cc21. The van der Waals surface area contributed by atoms with Gasteiger partial charge in [-0.25, -0.2) is 0 Å². The maximum Gasteiger partial charge on any atom is 0.0929 e. The van der Waals surface area contributed by atoms with E-state index in [0.717, 1.165) is 22.2 Å². The molecule has 0 spiro atoms. The van der Waals surface area contributed by atoms with Crippen LogP contribution >= 0.6 is 0 Å². The molecule has 0 aliphatic heterocycles. The molecule has 8 aromatic carbocycles. The van der Waals surface area contributed by atoms with Crippen LogP contribution in [0.3, 0.4) is 0 Å². The summed E-state index contributed by atoms with van der Waals surface area (Å²) in [6.45, 7) is 4.69. The van der Waals surface area contributed by atoms with Crippen molar-refractivity contribution in [3.05, 3.63) is 187 Å². The van der Waals surface area contributed by atoms with Crippen LogP contribution in [0.25, 0.3) is 93.4 Å². The molecule has 1 aromatic heterocycles. The van der Waals surface area contributed by atoms with E-state index in [1.54, 1.807) is 12.3 Å². The molecule has 0 unspecified atom stereocenters. The Morgan fingerprint density at radius 3 is 1.84 bits per heavy atom. The van der Waals surface area contributed by atoms with Crippen molar-refractivity contribution in [3.8, 4) is 44.6 Å². The van der Waals surface area contributed by atoms with Crippen molar-refractivity contribution in [2.75, 3.05) is 0 Å². The van der Waals surface area contributed by atoms with Crippen molar-refractivity contribution in [1.29, 1.82) is 0 Å². The number of nitrogens with two attached hydrogens (primary N) is 2. The Labute approximate surface area is 320 Å². The lowest BCUT2D eigenvalue weighted by molar-refractivity contribution is 0.661. The van der Waals surface area contributed by atoms with Crippen LogP contribution in [0.1, 0.15) is 30.5 Å². The molecule has 0 saturated carbocycles. The van der Waals surface area contributed by atoms with Gasteiger partial charge in [-0.3, -0.25) is 0 Å². The quantitative estimate of drug-likeness (QED) is 0.138. The molecule has 9 aromatic rings. The Hall–Kier alpha value is -7.04. The van der Waals surface area contributed by atoms with Gasteiger partial charge < -0.3 is 11.5 Å². The predicted molar refractivity (Wildman–Crippen MR) is 231 cm³/mol. The number of benzene rings is 8. The van der Waals surface area contributed by atoms with Crippen LogP contribution in [0.2, 0.25) is 0 Å². The van der Waals surface area contributed by atoms with Gasteiger partial charge in [0.2, 0.25) is 0 Å². The minimum atomic E-state index is -0.265. The topological polar surface area (TPSA) is 77.8 Å². The van der Waals surface area contributed by atoms with E-state index >= 15 is 0 Å². The molecule has 0 bridgehead atoms. The van der Waals surface area contributed by atoms with E-state index in [-0.39, 0.29) is 5.41 Å². The zero-order valence-corrected chi connectivity index (χ0v) is 30.7. The van der Waals surface area contributed by atoms with E-state index in [2.05, 4.69) is 158 Å². The highest BCUT2D eigenvalue weighted by molar-refractivity contribution is 6.23. The summed E-state index contributed by atoms with van der Waals surface area (Å²) in [4.78, 5) is 0. The van der Waals surface area contributed by atoms with Gasteiger partial charge in [-0.1, -0.05) is 111 Å². The van der Waals surface area contributed by atoms with Gasteiger partial charge in [0.1, 0.15) is 0 Å². The summed E-state index contributed by atoms with van der Waals surface area (Å²) in [5.41, 5.74) is 25.6. The average molecular weight is 707 g/mol. The minimum Gasteiger partial charge on any atom is -0.405 e. The van der Waals surface area contributed by atoms with Crippen molar-refractivity contribution in [3.63, 3.8) is 0 Å². The fourth-order valence-corrected chi connectivity index (χ4v) is 8.82. The molecule has 0 fully saturated rings. The Kier molecular flexibility index (Phi) is 7.43. The van der Waals surface area contributed by atoms with Gasteiger partial charge in [0.05, 0.1) is 5.69 Å². The van der Waals surface area contributed by atoms with Crippen molar-refractivity contribution in [2.45, 2.75) is 19.3 Å². The van der Waals surface area contributed by atoms with Crippen LogP contribution in [0.15, 0.2) is 170 Å². The van der Waals surface area contributed by atoms with Gasteiger partial charge in [0.25, 0.3) is 0 Å². The van der Waals surface area contributed by atoms with E-state index in [9.17, 15) is 0 Å². The van der Waals surface area contributed by atoms with E-state index in [1.807, 2.05) is 18.2 Å². The number of nitrogens with zero attached hydrogens (tertiary/aromatic N) is 2. The highest BCUT2D eigenvalue weighted by Gasteiger charge is 2.37. The van der Waals surface area contributed by atoms with Crippen LogP contribution in [0, 0.1) is 0 Å². The molecule has 4 N–H and O–H groups in total. The molecule has 0 amide bonds. The number of allylic oxidation sites excluding steroid dienone is 2. The molecule has 0 atom stereocenters. The van der Waals surface area contributed by atoms with Crippen molar-refractivity contribution in [2.24, 2.45) is 11.5 Å². The molecule has 10 rings (SSSR count).